The third-order valence-electron chi connectivity index (χ3n) is 7.67. The van der Waals surface area contributed by atoms with Gasteiger partial charge < -0.3 is 19.5 Å². The molecule has 6 rings (SSSR count). The fourth-order valence-corrected chi connectivity index (χ4v) is 6.73. The predicted molar refractivity (Wildman–Crippen MR) is 144 cm³/mol. The molecule has 11 heteroatoms. The fraction of sp³-hybridized carbons (Fsp3) is 0.519. The monoisotopic (exact) mass is 535 g/mol. The van der Waals surface area contributed by atoms with Crippen LogP contribution in [-0.2, 0) is 40.5 Å². The number of Topliss-reactive ketones (excluding diaryl/α,β-unsaturated/α-hetero) is 1. The highest BCUT2D eigenvalue weighted by Gasteiger charge is 2.31. The summed E-state index contributed by atoms with van der Waals surface area (Å²) >= 11 is 0. The zero-order valence-corrected chi connectivity index (χ0v) is 22.7. The quantitative estimate of drug-likeness (QED) is 0.456. The second kappa shape index (κ2) is 10.2. The lowest BCUT2D eigenvalue weighted by Crippen LogP contribution is -2.35. The van der Waals surface area contributed by atoms with Gasteiger partial charge >= 0.3 is 0 Å². The normalized spacial score (nSPS) is 19.7. The Kier molecular flexibility index (Phi) is 6.73. The van der Waals surface area contributed by atoms with Crippen molar-refractivity contribution in [3.63, 3.8) is 0 Å². The van der Waals surface area contributed by atoms with Gasteiger partial charge in [-0.2, -0.15) is 4.98 Å². The van der Waals surface area contributed by atoms with Crippen molar-refractivity contribution in [1.29, 1.82) is 0 Å². The molecule has 1 N–H and O–H groups in total. The summed E-state index contributed by atoms with van der Waals surface area (Å²) in [5.41, 5.74) is 2.13. The molecule has 3 aliphatic rings. The number of hydrogen-bond donors (Lipinski definition) is 1. The Bertz CT molecular complexity index is 1370. The molecule has 0 spiro atoms. The van der Waals surface area contributed by atoms with Crippen LogP contribution in [0.4, 0.5) is 11.8 Å². The molecule has 10 nitrogen and oxygen atoms in total. The Morgan fingerprint density at radius 1 is 1.16 bits per heavy atom. The van der Waals surface area contributed by atoms with Gasteiger partial charge in [0, 0.05) is 69.5 Å². The highest BCUT2D eigenvalue weighted by Crippen LogP contribution is 2.32. The number of anilines is 2. The molecule has 38 heavy (non-hydrogen) atoms. The van der Waals surface area contributed by atoms with Crippen molar-refractivity contribution in [2.45, 2.75) is 69.0 Å². The van der Waals surface area contributed by atoms with Gasteiger partial charge in [0.05, 0.1) is 23.0 Å². The molecule has 1 fully saturated rings. The Balaban J connectivity index is 1.21. The number of ether oxygens (including phenoxy) is 1. The smallest absolute Gasteiger partial charge is 0.228 e. The number of nitrogens with one attached hydrogen (secondary N) is 1. The number of ketones is 1. The summed E-state index contributed by atoms with van der Waals surface area (Å²) in [5.74, 6) is 2.75. The van der Waals surface area contributed by atoms with Crippen LogP contribution in [0.25, 0.3) is 0 Å². The van der Waals surface area contributed by atoms with Gasteiger partial charge in [0.1, 0.15) is 22.2 Å². The van der Waals surface area contributed by atoms with Crippen LogP contribution in [0.15, 0.2) is 35.6 Å². The Morgan fingerprint density at radius 2 is 1.95 bits per heavy atom. The van der Waals surface area contributed by atoms with E-state index in [4.69, 9.17) is 19.7 Å². The van der Waals surface area contributed by atoms with Crippen LogP contribution in [0.1, 0.15) is 60.7 Å². The maximum absolute atomic E-state index is 13.2. The van der Waals surface area contributed by atoms with E-state index in [9.17, 15) is 9.00 Å². The van der Waals surface area contributed by atoms with E-state index in [0.717, 1.165) is 48.0 Å². The fourth-order valence-electron chi connectivity index (χ4n) is 5.41. The predicted octanol–water partition coefficient (Wildman–Crippen LogP) is 2.89. The third kappa shape index (κ3) is 4.96. The first kappa shape index (κ1) is 25.1. The number of aryl methyl sites for hydroxylation is 1. The molecule has 3 aliphatic heterocycles. The van der Waals surface area contributed by atoms with Gasteiger partial charge in [-0.05, 0) is 36.0 Å². The van der Waals surface area contributed by atoms with Crippen molar-refractivity contribution in [1.82, 2.24) is 24.5 Å². The van der Waals surface area contributed by atoms with Crippen LogP contribution in [0.2, 0.25) is 0 Å². The minimum Gasteiger partial charge on any atom is -0.381 e. The van der Waals surface area contributed by atoms with E-state index in [-0.39, 0.29) is 17.2 Å². The highest BCUT2D eigenvalue weighted by atomic mass is 32.2. The van der Waals surface area contributed by atoms with E-state index in [1.165, 1.54) is 0 Å². The number of imidazole rings is 1. The van der Waals surface area contributed by atoms with Gasteiger partial charge in [0.25, 0.3) is 0 Å². The maximum atomic E-state index is 13.2. The number of hydrogen-bond acceptors (Lipinski definition) is 9. The van der Waals surface area contributed by atoms with E-state index >= 15 is 0 Å². The van der Waals surface area contributed by atoms with E-state index in [1.807, 2.05) is 18.3 Å². The number of carbonyl (C=O) groups is 1. The van der Waals surface area contributed by atoms with Crippen LogP contribution in [0, 0.1) is 0 Å². The van der Waals surface area contributed by atoms with E-state index in [0.29, 0.717) is 55.7 Å². The first-order valence-electron chi connectivity index (χ1n) is 13.3. The second-order valence-electron chi connectivity index (χ2n) is 10.9. The minimum atomic E-state index is -1.08. The van der Waals surface area contributed by atoms with Gasteiger partial charge in [-0.25, -0.2) is 9.97 Å². The molecule has 200 valence electrons. The molecule has 6 heterocycles. The lowest BCUT2D eigenvalue weighted by atomic mass is 9.80. The molecule has 0 aliphatic carbocycles. The SMILES string of the molecule is CC(C)(CC(=O)c1cn2c(n1)CN(c1nc3c(c(NC4CCOCC4)n1)S(=O)CC3)CC2)c1ccncc1. The number of nitrogens with zero attached hydrogens (tertiary/aromatic N) is 6. The van der Waals surface area contributed by atoms with Crippen molar-refractivity contribution < 1.29 is 13.7 Å². The van der Waals surface area contributed by atoms with Gasteiger partial charge in [0.2, 0.25) is 5.95 Å². The van der Waals surface area contributed by atoms with Crippen molar-refractivity contribution in [2.24, 2.45) is 0 Å². The number of aromatic nitrogens is 5. The largest absolute Gasteiger partial charge is 0.381 e. The summed E-state index contributed by atoms with van der Waals surface area (Å²) in [6.45, 7) is 7.49. The number of pyridine rings is 1. The molecule has 1 saturated heterocycles. The van der Waals surface area contributed by atoms with Crippen molar-refractivity contribution in [3.8, 4) is 0 Å². The summed E-state index contributed by atoms with van der Waals surface area (Å²) in [4.78, 5) is 34.6. The molecule has 0 aromatic carbocycles. The van der Waals surface area contributed by atoms with Crippen LogP contribution in [0.5, 0.6) is 0 Å². The standard InChI is InChI=1S/C27H33N7O3S/c1-27(2,18-3-8-28-9-4-18)15-22(35)21-16-33-10-11-34(17-23(33)30-21)26-31-20-7-14-38(36)24(20)25(32-26)29-19-5-12-37-13-6-19/h3-4,8-9,16,19H,5-7,10-15,17H2,1-2H3,(H,29,31,32). The number of fused-ring (bicyclic) bond motifs is 2. The first-order valence-corrected chi connectivity index (χ1v) is 14.6. The van der Waals surface area contributed by atoms with Crippen molar-refractivity contribution in [3.05, 3.63) is 53.5 Å². The van der Waals surface area contributed by atoms with E-state index in [2.05, 4.69) is 33.6 Å². The minimum absolute atomic E-state index is 0.0273. The zero-order chi connectivity index (χ0) is 26.3. The molecule has 3 aromatic rings. The summed E-state index contributed by atoms with van der Waals surface area (Å²) in [5, 5.41) is 3.54. The van der Waals surface area contributed by atoms with Gasteiger partial charge in [-0.15, -0.1) is 0 Å². The molecule has 0 bridgehead atoms. The summed E-state index contributed by atoms with van der Waals surface area (Å²) in [7, 11) is -1.08. The second-order valence-corrected chi connectivity index (χ2v) is 12.4. The Labute approximate surface area is 224 Å². The molecule has 0 amide bonds. The van der Waals surface area contributed by atoms with Crippen LogP contribution in [-0.4, -0.2) is 66.0 Å². The van der Waals surface area contributed by atoms with Gasteiger partial charge in [-0.1, -0.05) is 13.8 Å². The Morgan fingerprint density at radius 3 is 2.74 bits per heavy atom. The zero-order valence-electron chi connectivity index (χ0n) is 21.9. The van der Waals surface area contributed by atoms with Crippen molar-refractivity contribution >= 4 is 28.3 Å². The lowest BCUT2D eigenvalue weighted by Gasteiger charge is -2.29. The molecule has 0 saturated carbocycles. The molecule has 1 unspecified atom stereocenters. The maximum Gasteiger partial charge on any atom is 0.228 e. The average molecular weight is 536 g/mol. The van der Waals surface area contributed by atoms with Crippen LogP contribution in [0.3, 0.4) is 0 Å². The lowest BCUT2D eigenvalue weighted by molar-refractivity contribution is 0.0903. The average Bonchev–Trinajstić information content (AvgIpc) is 3.53. The first-order chi connectivity index (χ1) is 18.4. The van der Waals surface area contributed by atoms with E-state index in [1.54, 1.807) is 12.4 Å². The van der Waals surface area contributed by atoms with Crippen LogP contribution >= 0.6 is 0 Å². The third-order valence-corrected chi connectivity index (χ3v) is 9.13. The molecule has 3 aromatic heterocycles. The topological polar surface area (TPSA) is 115 Å². The van der Waals surface area contributed by atoms with Crippen molar-refractivity contribution in [2.75, 3.05) is 35.7 Å². The molecule has 0 radical (unpaired) electrons. The van der Waals surface area contributed by atoms with E-state index < -0.39 is 10.8 Å². The summed E-state index contributed by atoms with van der Waals surface area (Å²) in [6, 6.07) is 4.17. The molecule has 1 atom stereocenters. The van der Waals surface area contributed by atoms with Crippen LogP contribution < -0.4 is 10.2 Å². The summed E-state index contributed by atoms with van der Waals surface area (Å²) in [6.07, 6.45) is 8.25. The molecular formula is C27H33N7O3S. The highest BCUT2D eigenvalue weighted by molar-refractivity contribution is 7.85. The number of carbonyl (C=O) groups excluding carboxylic acids is 1. The summed E-state index contributed by atoms with van der Waals surface area (Å²) < 4.78 is 20.3. The van der Waals surface area contributed by atoms with Gasteiger partial charge in [-0.3, -0.25) is 14.0 Å². The number of rotatable bonds is 7. The van der Waals surface area contributed by atoms with Gasteiger partial charge in [0.15, 0.2) is 5.78 Å². The molecular weight excluding hydrogens is 502 g/mol. The Hall–Kier alpha value is -3.18.